The van der Waals surface area contributed by atoms with E-state index in [9.17, 15) is 0 Å². The van der Waals surface area contributed by atoms with Crippen LogP contribution < -0.4 is 0 Å². The van der Waals surface area contributed by atoms with Crippen LogP contribution in [0.25, 0.3) is 87.0 Å². The van der Waals surface area contributed by atoms with Gasteiger partial charge in [-0.2, -0.15) is 0 Å². The molecule has 0 radical (unpaired) electrons. The van der Waals surface area contributed by atoms with Crippen LogP contribution in [-0.4, -0.2) is 9.13 Å². The van der Waals surface area contributed by atoms with E-state index in [-0.39, 0.29) is 21.7 Å². The molecular weight excluding hydrogens is 773 g/mol. The molecule has 0 aliphatic rings. The van der Waals surface area contributed by atoms with Crippen LogP contribution in [0.2, 0.25) is 0 Å². The minimum absolute atomic E-state index is 0.0305. The number of aryl methyl sites for hydroxylation is 2. The maximum atomic E-state index is 2.56. The molecule has 0 saturated carbocycles. The minimum atomic E-state index is -0.0616. The number of aromatic nitrogens is 2. The van der Waals surface area contributed by atoms with Gasteiger partial charge in [-0.05, 0) is 150 Å². The lowest BCUT2D eigenvalue weighted by molar-refractivity contribution is 0.593. The van der Waals surface area contributed by atoms with E-state index < -0.39 is 0 Å². The lowest BCUT2D eigenvalue weighted by Crippen LogP contribution is -2.17. The zero-order chi connectivity index (χ0) is 45.7. The molecule has 0 saturated heterocycles. The molecule has 0 amide bonds. The normalized spacial score (nSPS) is 13.3. The maximum absolute atomic E-state index is 2.56. The lowest BCUT2D eigenvalue weighted by Gasteiger charge is -2.30. The average molecular weight is 839 g/mol. The van der Waals surface area contributed by atoms with Crippen molar-refractivity contribution in [2.45, 2.75) is 132 Å². The highest BCUT2D eigenvalue weighted by atomic mass is 15.0. The lowest BCUT2D eigenvalue weighted by atomic mass is 9.74. The van der Waals surface area contributed by atoms with Crippen LogP contribution in [0, 0.1) is 27.7 Å². The van der Waals surface area contributed by atoms with Crippen LogP contribution in [-0.2, 0) is 21.7 Å². The second-order valence-electron chi connectivity index (χ2n) is 23.2. The van der Waals surface area contributed by atoms with E-state index >= 15 is 0 Å². The second kappa shape index (κ2) is 13.8. The molecule has 2 heterocycles. The van der Waals surface area contributed by atoms with E-state index in [2.05, 4.69) is 229 Å². The third-order valence-corrected chi connectivity index (χ3v) is 14.7. The number of rotatable bonds is 2. The Bertz CT molecular complexity index is 3370. The summed E-state index contributed by atoms with van der Waals surface area (Å²) >= 11 is 0. The summed E-state index contributed by atoms with van der Waals surface area (Å²) in [6, 6.07) is 42.4. The van der Waals surface area contributed by atoms with Crippen molar-refractivity contribution in [1.29, 1.82) is 0 Å². The fraction of sp³-hybridized carbons (Fsp3) is 0.323. The number of hydrogen-bond donors (Lipinski definition) is 0. The van der Waals surface area contributed by atoms with E-state index in [4.69, 9.17) is 0 Å². The van der Waals surface area contributed by atoms with Gasteiger partial charge in [-0.3, -0.25) is 0 Å². The van der Waals surface area contributed by atoms with E-state index in [1.807, 2.05) is 0 Å². The number of benzene rings is 8. The summed E-state index contributed by atoms with van der Waals surface area (Å²) in [5.41, 5.74) is 15.7. The standard InChI is InChI=1S/C62H66N2/c1-35-37(3)63(39-25-27-47-51(33-39)55(61(11,12)13)45-23-19-17-21-43(45)53(47)59(5,6)7)57-41(35)29-31-50-49(57)32-30-42-36(2)38(4)64(58(42)50)40-26-28-48-52(34-40)56(62(14,15)16)46-24-20-18-22-44(46)54(48)60(8,9)10/h17-34H,1-16H3. The highest BCUT2D eigenvalue weighted by molar-refractivity contribution is 6.18. The van der Waals surface area contributed by atoms with Crippen molar-refractivity contribution in [3.8, 4) is 11.4 Å². The Morgan fingerprint density at radius 2 is 0.531 bits per heavy atom. The van der Waals surface area contributed by atoms with Gasteiger partial charge in [-0.1, -0.05) is 168 Å². The zero-order valence-electron chi connectivity index (χ0n) is 41.3. The molecule has 0 unspecified atom stereocenters. The van der Waals surface area contributed by atoms with E-state index in [0.29, 0.717) is 0 Å². The van der Waals surface area contributed by atoms with Crippen LogP contribution in [0.3, 0.4) is 0 Å². The second-order valence-corrected chi connectivity index (χ2v) is 23.2. The van der Waals surface area contributed by atoms with Gasteiger partial charge < -0.3 is 9.13 Å². The summed E-state index contributed by atoms with van der Waals surface area (Å²) < 4.78 is 5.13. The van der Waals surface area contributed by atoms with Crippen molar-refractivity contribution in [2.24, 2.45) is 0 Å². The smallest absolute Gasteiger partial charge is 0.0613 e. The quantitative estimate of drug-likeness (QED) is 0.154. The molecule has 0 bridgehead atoms. The van der Waals surface area contributed by atoms with Crippen LogP contribution in [0.5, 0.6) is 0 Å². The van der Waals surface area contributed by atoms with Gasteiger partial charge in [-0.25, -0.2) is 0 Å². The molecule has 10 rings (SSSR count). The fourth-order valence-corrected chi connectivity index (χ4v) is 12.0. The molecule has 0 spiro atoms. The highest BCUT2D eigenvalue weighted by Gasteiger charge is 2.30. The SMILES string of the molecule is Cc1c(C)n(-c2ccc3c(C(C)(C)C)c4ccccc4c(C(C)(C)C)c3c2)c2c1ccc1c2ccc2c(C)c(C)n(-c3ccc4c(C(C)(C)C)c5ccccc5c(C(C)(C)C)c4c3)c21. The van der Waals surface area contributed by atoms with Crippen LogP contribution in [0.4, 0.5) is 0 Å². The first-order valence-corrected chi connectivity index (χ1v) is 23.5. The third-order valence-electron chi connectivity index (χ3n) is 14.7. The molecule has 2 aromatic heterocycles. The molecule has 64 heavy (non-hydrogen) atoms. The van der Waals surface area contributed by atoms with E-state index in [1.54, 1.807) is 0 Å². The molecule has 0 fully saturated rings. The molecule has 0 aliphatic carbocycles. The van der Waals surface area contributed by atoms with Gasteiger partial charge in [0.2, 0.25) is 0 Å². The van der Waals surface area contributed by atoms with Crippen molar-refractivity contribution < 1.29 is 0 Å². The number of nitrogens with zero attached hydrogens (tertiary/aromatic N) is 2. The summed E-state index contributed by atoms with van der Waals surface area (Å²) in [7, 11) is 0. The number of hydrogen-bond acceptors (Lipinski definition) is 0. The molecule has 324 valence electrons. The Morgan fingerprint density at radius 1 is 0.281 bits per heavy atom. The van der Waals surface area contributed by atoms with Gasteiger partial charge >= 0.3 is 0 Å². The van der Waals surface area contributed by atoms with Crippen LogP contribution in [0.1, 0.15) is 128 Å². The van der Waals surface area contributed by atoms with Crippen molar-refractivity contribution in [2.75, 3.05) is 0 Å². The van der Waals surface area contributed by atoms with Gasteiger partial charge in [-0.15, -0.1) is 0 Å². The van der Waals surface area contributed by atoms with Crippen LogP contribution in [0.15, 0.2) is 109 Å². The zero-order valence-corrected chi connectivity index (χ0v) is 41.3. The Morgan fingerprint density at radius 3 is 0.828 bits per heavy atom. The van der Waals surface area contributed by atoms with Crippen molar-refractivity contribution in [1.82, 2.24) is 9.13 Å². The molecule has 2 heteroatoms. The molecule has 8 aromatic carbocycles. The van der Waals surface area contributed by atoms with Crippen molar-refractivity contribution in [3.05, 3.63) is 154 Å². The predicted octanol–water partition coefficient (Wildman–Crippen LogP) is 17.8. The minimum Gasteiger partial charge on any atom is -0.313 e. The summed E-state index contributed by atoms with van der Waals surface area (Å²) in [4.78, 5) is 0. The van der Waals surface area contributed by atoms with Gasteiger partial charge in [0.15, 0.2) is 0 Å². The molecule has 0 N–H and O–H groups in total. The van der Waals surface area contributed by atoms with Crippen LogP contribution >= 0.6 is 0 Å². The fourth-order valence-electron chi connectivity index (χ4n) is 12.0. The first-order valence-electron chi connectivity index (χ1n) is 23.5. The maximum Gasteiger partial charge on any atom is 0.0613 e. The van der Waals surface area contributed by atoms with Gasteiger partial charge in [0, 0.05) is 44.3 Å². The molecule has 0 atom stereocenters. The molecular formula is C62H66N2. The topological polar surface area (TPSA) is 9.86 Å². The third kappa shape index (κ3) is 6.04. The van der Waals surface area contributed by atoms with Gasteiger partial charge in [0.25, 0.3) is 0 Å². The van der Waals surface area contributed by atoms with Gasteiger partial charge in [0.05, 0.1) is 11.0 Å². The Balaban J connectivity index is 1.29. The summed E-state index contributed by atoms with van der Waals surface area (Å²) in [5.74, 6) is 0. The molecule has 10 aromatic rings. The largest absolute Gasteiger partial charge is 0.313 e. The summed E-state index contributed by atoms with van der Waals surface area (Å²) in [5, 5.41) is 16.0. The number of fused-ring (bicyclic) bond motifs is 9. The van der Waals surface area contributed by atoms with E-state index in [1.165, 1.54) is 132 Å². The van der Waals surface area contributed by atoms with Crippen molar-refractivity contribution in [3.63, 3.8) is 0 Å². The summed E-state index contributed by atoms with van der Waals surface area (Å²) in [6.45, 7) is 37.7. The highest BCUT2D eigenvalue weighted by Crippen LogP contribution is 2.48. The first-order chi connectivity index (χ1) is 30.0. The Kier molecular flexibility index (Phi) is 9.10. The Hall–Kier alpha value is -5.86. The summed E-state index contributed by atoms with van der Waals surface area (Å²) in [6.07, 6.45) is 0. The van der Waals surface area contributed by atoms with E-state index in [0.717, 1.165) is 0 Å². The molecule has 2 nitrogen and oxygen atoms in total. The average Bonchev–Trinajstić information content (AvgIpc) is 3.63. The monoisotopic (exact) mass is 839 g/mol. The van der Waals surface area contributed by atoms with Crippen molar-refractivity contribution >= 4 is 75.7 Å². The Labute approximate surface area is 380 Å². The predicted molar refractivity (Wildman–Crippen MR) is 281 cm³/mol. The first kappa shape index (κ1) is 42.1. The molecule has 0 aliphatic heterocycles. The van der Waals surface area contributed by atoms with Gasteiger partial charge in [0.1, 0.15) is 0 Å².